The van der Waals surface area contributed by atoms with Gasteiger partial charge in [-0.25, -0.2) is 4.98 Å². The van der Waals surface area contributed by atoms with E-state index in [1.807, 2.05) is 6.20 Å². The van der Waals surface area contributed by atoms with Crippen molar-refractivity contribution in [2.45, 2.75) is 0 Å². The van der Waals surface area contributed by atoms with E-state index in [1.54, 1.807) is 11.3 Å². The van der Waals surface area contributed by atoms with Crippen LogP contribution in [0.25, 0.3) is 104 Å². The van der Waals surface area contributed by atoms with Gasteiger partial charge < -0.3 is 4.57 Å². The summed E-state index contributed by atoms with van der Waals surface area (Å²) < 4.78 is 3.63. The number of benzene rings is 8. The molecule has 0 amide bonds. The molecule has 0 saturated carbocycles. The van der Waals surface area contributed by atoms with Crippen LogP contribution in [0.5, 0.6) is 0 Å². The van der Waals surface area contributed by atoms with Gasteiger partial charge in [0.25, 0.3) is 0 Å². The van der Waals surface area contributed by atoms with Crippen LogP contribution in [-0.4, -0.2) is 14.5 Å². The third kappa shape index (κ3) is 6.08. The van der Waals surface area contributed by atoms with E-state index in [9.17, 15) is 0 Å². The number of pyridine rings is 1. The number of thiazole rings is 1. The molecule has 272 valence electrons. The molecule has 0 aliphatic heterocycles. The van der Waals surface area contributed by atoms with Gasteiger partial charge in [-0.1, -0.05) is 170 Å². The van der Waals surface area contributed by atoms with Gasteiger partial charge in [0, 0.05) is 39.2 Å². The van der Waals surface area contributed by atoms with E-state index in [-0.39, 0.29) is 0 Å². The minimum absolute atomic E-state index is 0.924. The topological polar surface area (TPSA) is 30.7 Å². The van der Waals surface area contributed by atoms with Crippen LogP contribution in [0.1, 0.15) is 0 Å². The van der Waals surface area contributed by atoms with Gasteiger partial charge in [-0.05, 0) is 69.8 Å². The van der Waals surface area contributed by atoms with Crippen molar-refractivity contribution in [2.75, 3.05) is 0 Å². The molecule has 3 heterocycles. The molecule has 0 bridgehead atoms. The summed E-state index contributed by atoms with van der Waals surface area (Å²) >= 11 is 1.74. The first-order chi connectivity index (χ1) is 28.7. The highest BCUT2D eigenvalue weighted by Crippen LogP contribution is 2.41. The van der Waals surface area contributed by atoms with Crippen LogP contribution in [0, 0.1) is 0 Å². The molecule has 0 saturated heterocycles. The van der Waals surface area contributed by atoms with Gasteiger partial charge in [0.2, 0.25) is 0 Å². The smallest absolute Gasteiger partial charge is 0.124 e. The number of para-hydroxylation sites is 2. The van der Waals surface area contributed by atoms with Crippen molar-refractivity contribution < 1.29 is 0 Å². The number of hydrogen-bond acceptors (Lipinski definition) is 3. The lowest BCUT2D eigenvalue weighted by molar-refractivity contribution is 1.18. The molecule has 8 aromatic carbocycles. The third-order valence-electron chi connectivity index (χ3n) is 11.1. The summed E-state index contributed by atoms with van der Waals surface area (Å²) in [6.45, 7) is 0. The van der Waals surface area contributed by atoms with E-state index in [4.69, 9.17) is 9.97 Å². The Kier molecular flexibility index (Phi) is 8.34. The average Bonchev–Trinajstić information content (AvgIpc) is 3.89. The lowest BCUT2D eigenvalue weighted by atomic mass is 9.96. The SMILES string of the molecule is c1ccc(-c2ccc(-c3ccc(-c4ccc(-c5ccc(-c6ccccc6)cc5)c(-n5c6ccccc6c6ccc(-c7nc8ccccc8s7)cc65)c4)nc3)cc2)cc1. The molecule has 0 atom stereocenters. The Morgan fingerprint density at radius 3 is 1.62 bits per heavy atom. The molecule has 11 aromatic rings. The number of hydrogen-bond donors (Lipinski definition) is 0. The summed E-state index contributed by atoms with van der Waals surface area (Å²) in [7, 11) is 0. The molecule has 0 radical (unpaired) electrons. The van der Waals surface area contributed by atoms with Crippen LogP contribution in [0.3, 0.4) is 0 Å². The summed E-state index contributed by atoms with van der Waals surface area (Å²) in [6, 6.07) is 73.8. The second kappa shape index (κ2) is 14.3. The van der Waals surface area contributed by atoms with Crippen molar-refractivity contribution in [3.8, 4) is 72.0 Å². The minimum atomic E-state index is 0.924. The fourth-order valence-electron chi connectivity index (χ4n) is 8.17. The lowest BCUT2D eigenvalue weighted by Crippen LogP contribution is -1.99. The quantitative estimate of drug-likeness (QED) is 0.162. The largest absolute Gasteiger partial charge is 0.309 e. The Labute approximate surface area is 340 Å². The highest BCUT2D eigenvalue weighted by Gasteiger charge is 2.19. The molecule has 11 rings (SSSR count). The van der Waals surface area contributed by atoms with Crippen LogP contribution < -0.4 is 0 Å². The van der Waals surface area contributed by atoms with E-state index in [2.05, 4.69) is 211 Å². The highest BCUT2D eigenvalue weighted by atomic mass is 32.1. The fraction of sp³-hybridized carbons (Fsp3) is 0. The van der Waals surface area contributed by atoms with E-state index >= 15 is 0 Å². The molecule has 0 aliphatic rings. The number of aromatic nitrogens is 3. The zero-order valence-electron chi connectivity index (χ0n) is 31.5. The first-order valence-corrected chi connectivity index (χ1v) is 20.4. The molecule has 0 aliphatic carbocycles. The summed E-state index contributed by atoms with van der Waals surface area (Å²) in [5, 5.41) is 3.44. The first-order valence-electron chi connectivity index (χ1n) is 19.6. The Hall–Kier alpha value is -7.40. The molecule has 4 heteroatoms. The molecule has 0 fully saturated rings. The van der Waals surface area contributed by atoms with Crippen LogP contribution in [0.15, 0.2) is 212 Å². The van der Waals surface area contributed by atoms with Crippen molar-refractivity contribution in [3.63, 3.8) is 0 Å². The van der Waals surface area contributed by atoms with Crippen LogP contribution in [-0.2, 0) is 0 Å². The van der Waals surface area contributed by atoms with Crippen LogP contribution in [0.4, 0.5) is 0 Å². The highest BCUT2D eigenvalue weighted by molar-refractivity contribution is 7.21. The summed E-state index contributed by atoms with van der Waals surface area (Å²) in [6.07, 6.45) is 1.99. The van der Waals surface area contributed by atoms with Crippen molar-refractivity contribution in [2.24, 2.45) is 0 Å². The first kappa shape index (κ1) is 33.9. The Balaban J connectivity index is 1.06. The Morgan fingerprint density at radius 1 is 0.379 bits per heavy atom. The van der Waals surface area contributed by atoms with Crippen LogP contribution in [0.2, 0.25) is 0 Å². The van der Waals surface area contributed by atoms with Crippen molar-refractivity contribution in [1.29, 1.82) is 0 Å². The molecule has 0 spiro atoms. The Bertz CT molecular complexity index is 3200. The lowest BCUT2D eigenvalue weighted by Gasteiger charge is -2.17. The molecular weight excluding hydrogens is 723 g/mol. The minimum Gasteiger partial charge on any atom is -0.309 e. The second-order valence-corrected chi connectivity index (χ2v) is 15.7. The van der Waals surface area contributed by atoms with Gasteiger partial charge in [-0.3, -0.25) is 4.98 Å². The molecular formula is C54H35N3S. The maximum Gasteiger partial charge on any atom is 0.124 e. The molecule has 0 N–H and O–H groups in total. The van der Waals surface area contributed by atoms with Crippen LogP contribution >= 0.6 is 11.3 Å². The number of nitrogens with zero attached hydrogens (tertiary/aromatic N) is 3. The van der Waals surface area contributed by atoms with Gasteiger partial charge in [-0.15, -0.1) is 11.3 Å². The monoisotopic (exact) mass is 757 g/mol. The van der Waals surface area contributed by atoms with E-state index in [0.717, 1.165) is 66.3 Å². The maximum absolute atomic E-state index is 5.06. The van der Waals surface area contributed by atoms with Crippen molar-refractivity contribution >= 4 is 43.4 Å². The van der Waals surface area contributed by atoms with Crippen molar-refractivity contribution in [1.82, 2.24) is 14.5 Å². The molecule has 3 nitrogen and oxygen atoms in total. The normalized spacial score (nSPS) is 11.4. The van der Waals surface area contributed by atoms with Crippen molar-refractivity contribution in [3.05, 3.63) is 212 Å². The van der Waals surface area contributed by atoms with E-state index in [1.165, 1.54) is 37.7 Å². The number of rotatable bonds is 7. The standard InChI is InChI=1S/C54H35N3S/c1-3-11-36(12-4-1)38-19-21-40(22-20-38)44-29-32-48(55-35-44)42-27-30-45(41-25-23-39(24-26-41)37-13-5-2-6-14-37)51(33-42)57-50-17-9-7-15-46(50)47-31-28-43(34-52(47)57)54-56-49-16-8-10-18-53(49)58-54/h1-35H. The van der Waals surface area contributed by atoms with Gasteiger partial charge in [0.1, 0.15) is 5.01 Å². The van der Waals surface area contributed by atoms with Gasteiger partial charge in [0.05, 0.1) is 32.6 Å². The van der Waals surface area contributed by atoms with E-state index < -0.39 is 0 Å². The van der Waals surface area contributed by atoms with Gasteiger partial charge in [-0.2, -0.15) is 0 Å². The van der Waals surface area contributed by atoms with Gasteiger partial charge >= 0.3 is 0 Å². The van der Waals surface area contributed by atoms with Gasteiger partial charge in [0.15, 0.2) is 0 Å². The maximum atomic E-state index is 5.06. The summed E-state index contributed by atoms with van der Waals surface area (Å²) in [4.78, 5) is 10.1. The predicted octanol–water partition coefficient (Wildman–Crippen LogP) is 14.8. The fourth-order valence-corrected chi connectivity index (χ4v) is 9.13. The molecule has 58 heavy (non-hydrogen) atoms. The average molecular weight is 758 g/mol. The zero-order valence-corrected chi connectivity index (χ0v) is 32.3. The predicted molar refractivity (Wildman–Crippen MR) is 244 cm³/mol. The molecule has 3 aromatic heterocycles. The summed E-state index contributed by atoms with van der Waals surface area (Å²) in [5.74, 6) is 0. The molecule has 0 unspecified atom stereocenters. The van der Waals surface area contributed by atoms with E-state index in [0.29, 0.717) is 0 Å². The number of fused-ring (bicyclic) bond motifs is 4. The Morgan fingerprint density at radius 2 is 0.931 bits per heavy atom. The third-order valence-corrected chi connectivity index (χ3v) is 12.2. The zero-order chi connectivity index (χ0) is 38.4. The summed E-state index contributed by atoms with van der Waals surface area (Å²) in [5.41, 5.74) is 16.8. The second-order valence-electron chi connectivity index (χ2n) is 14.6.